The van der Waals surface area contributed by atoms with E-state index in [4.69, 9.17) is 4.42 Å². The number of carbonyl (C=O) groups excluding carboxylic acids is 1. The second kappa shape index (κ2) is 7.68. The average Bonchev–Trinajstić information content (AvgIpc) is 3.32. The van der Waals surface area contributed by atoms with E-state index in [0.717, 1.165) is 34.2 Å². The molecule has 1 saturated heterocycles. The number of nitrogens with zero attached hydrogens (tertiary/aromatic N) is 1. The van der Waals surface area contributed by atoms with Gasteiger partial charge in [0.05, 0.1) is 12.3 Å². The molecule has 3 aromatic rings. The van der Waals surface area contributed by atoms with Crippen molar-refractivity contribution in [1.29, 1.82) is 0 Å². The highest BCUT2D eigenvalue weighted by atomic mass is 79.9. The van der Waals surface area contributed by atoms with Gasteiger partial charge >= 0.3 is 0 Å². The first kappa shape index (κ1) is 17.4. The Morgan fingerprint density at radius 3 is 2.85 bits per heavy atom. The number of piperidine rings is 1. The molecule has 6 heteroatoms. The van der Waals surface area contributed by atoms with E-state index in [1.54, 1.807) is 6.26 Å². The van der Waals surface area contributed by atoms with Crippen LogP contribution >= 0.6 is 15.9 Å². The third-order valence-electron chi connectivity index (χ3n) is 4.99. The summed E-state index contributed by atoms with van der Waals surface area (Å²) in [5.74, 6) is 0.818. The fourth-order valence-electron chi connectivity index (χ4n) is 3.63. The summed E-state index contributed by atoms with van der Waals surface area (Å²) in [6.45, 7) is 2.62. The number of furan rings is 1. The van der Waals surface area contributed by atoms with Crippen LogP contribution in [0.15, 0.2) is 51.6 Å². The van der Waals surface area contributed by atoms with Gasteiger partial charge in [0.1, 0.15) is 11.5 Å². The van der Waals surface area contributed by atoms with Gasteiger partial charge in [-0.25, -0.2) is 0 Å². The normalized spacial score (nSPS) is 16.7. The molecule has 0 saturated carbocycles. The molecule has 1 atom stereocenters. The van der Waals surface area contributed by atoms with Crippen LogP contribution in [0.4, 0.5) is 0 Å². The van der Waals surface area contributed by atoms with Crippen molar-refractivity contribution in [3.8, 4) is 0 Å². The minimum atomic E-state index is -0.0918. The van der Waals surface area contributed by atoms with Gasteiger partial charge in [0.25, 0.3) is 5.91 Å². The molecule has 26 heavy (non-hydrogen) atoms. The zero-order valence-electron chi connectivity index (χ0n) is 14.5. The quantitative estimate of drug-likeness (QED) is 0.645. The molecule has 1 aromatic carbocycles. The molecule has 0 bridgehead atoms. The first-order valence-corrected chi connectivity index (χ1v) is 9.84. The molecule has 1 fully saturated rings. The van der Waals surface area contributed by atoms with Crippen molar-refractivity contribution in [2.75, 3.05) is 19.6 Å². The van der Waals surface area contributed by atoms with Crippen molar-refractivity contribution in [1.82, 2.24) is 15.2 Å². The number of carbonyl (C=O) groups is 1. The molecule has 1 aliphatic rings. The molecule has 1 aliphatic heterocycles. The maximum Gasteiger partial charge on any atom is 0.267 e. The number of aromatic amines is 1. The molecular formula is C20H22BrN3O2. The smallest absolute Gasteiger partial charge is 0.267 e. The summed E-state index contributed by atoms with van der Waals surface area (Å²) in [5, 5.41) is 4.09. The highest BCUT2D eigenvalue weighted by Crippen LogP contribution is 2.25. The lowest BCUT2D eigenvalue weighted by atomic mass is 10.1. The van der Waals surface area contributed by atoms with Crippen molar-refractivity contribution < 1.29 is 9.21 Å². The highest BCUT2D eigenvalue weighted by molar-refractivity contribution is 9.10. The van der Waals surface area contributed by atoms with Crippen LogP contribution in [0.25, 0.3) is 10.9 Å². The number of nitrogens with one attached hydrogen (secondary N) is 2. The molecular weight excluding hydrogens is 394 g/mol. The van der Waals surface area contributed by atoms with Gasteiger partial charge in [0.15, 0.2) is 0 Å². The lowest BCUT2D eigenvalue weighted by molar-refractivity contribution is 0.0910. The second-order valence-electron chi connectivity index (χ2n) is 6.75. The van der Waals surface area contributed by atoms with Gasteiger partial charge in [0, 0.05) is 21.9 Å². The van der Waals surface area contributed by atoms with Crippen LogP contribution < -0.4 is 5.32 Å². The van der Waals surface area contributed by atoms with Crippen molar-refractivity contribution >= 4 is 32.7 Å². The monoisotopic (exact) mass is 415 g/mol. The predicted octanol–water partition coefficient (Wildman–Crippen LogP) is 4.48. The fourth-order valence-corrected chi connectivity index (χ4v) is 4.01. The number of H-pyrrole nitrogens is 1. The Labute approximate surface area is 160 Å². The number of hydrogen-bond acceptors (Lipinski definition) is 3. The minimum Gasteiger partial charge on any atom is -0.468 e. The van der Waals surface area contributed by atoms with Gasteiger partial charge in [-0.3, -0.25) is 9.69 Å². The minimum absolute atomic E-state index is 0.0766. The molecule has 0 radical (unpaired) electrons. The third kappa shape index (κ3) is 3.71. The second-order valence-corrected chi connectivity index (χ2v) is 7.67. The van der Waals surface area contributed by atoms with Crippen LogP contribution in [0.3, 0.4) is 0 Å². The molecule has 136 valence electrons. The third-order valence-corrected chi connectivity index (χ3v) is 5.48. The number of halogens is 1. The standard InChI is InChI=1S/C20H22BrN3O2/c21-15-6-7-16-14(11-15)12-17(23-16)20(25)22-13-18(19-5-4-10-26-19)24-8-2-1-3-9-24/h4-7,10-12,18,23H,1-3,8-9,13H2,(H,22,25)/t18-/m0/s1. The molecule has 2 aromatic heterocycles. The molecule has 1 amide bonds. The van der Waals surface area contributed by atoms with E-state index < -0.39 is 0 Å². The van der Waals surface area contributed by atoms with Gasteiger partial charge in [-0.1, -0.05) is 22.4 Å². The van der Waals surface area contributed by atoms with Gasteiger partial charge in [-0.2, -0.15) is 0 Å². The van der Waals surface area contributed by atoms with Gasteiger partial charge in [-0.05, 0) is 62.3 Å². The largest absolute Gasteiger partial charge is 0.468 e. The zero-order valence-corrected chi connectivity index (χ0v) is 16.1. The lowest BCUT2D eigenvalue weighted by Gasteiger charge is -2.33. The summed E-state index contributed by atoms with van der Waals surface area (Å²) in [4.78, 5) is 18.3. The van der Waals surface area contributed by atoms with Crippen LogP contribution in [0.2, 0.25) is 0 Å². The van der Waals surface area contributed by atoms with Crippen LogP contribution in [-0.2, 0) is 0 Å². The number of benzene rings is 1. The van der Waals surface area contributed by atoms with E-state index in [-0.39, 0.29) is 11.9 Å². The Bertz CT molecular complexity index is 882. The van der Waals surface area contributed by atoms with Gasteiger partial charge in [-0.15, -0.1) is 0 Å². The first-order valence-electron chi connectivity index (χ1n) is 9.04. The Morgan fingerprint density at radius 1 is 1.23 bits per heavy atom. The summed E-state index contributed by atoms with van der Waals surface area (Å²) >= 11 is 3.46. The Hall–Kier alpha value is -2.05. The lowest BCUT2D eigenvalue weighted by Crippen LogP contribution is -2.40. The van der Waals surface area contributed by atoms with E-state index >= 15 is 0 Å². The number of fused-ring (bicyclic) bond motifs is 1. The molecule has 0 unspecified atom stereocenters. The van der Waals surface area contributed by atoms with Crippen molar-refractivity contribution in [2.24, 2.45) is 0 Å². The van der Waals surface area contributed by atoms with Crippen LogP contribution in [0, 0.1) is 0 Å². The van der Waals surface area contributed by atoms with E-state index in [2.05, 4.69) is 31.1 Å². The number of rotatable bonds is 5. The summed E-state index contributed by atoms with van der Waals surface area (Å²) in [6, 6.07) is 11.8. The van der Waals surface area contributed by atoms with Gasteiger partial charge in [0.2, 0.25) is 0 Å². The Balaban J connectivity index is 1.48. The molecule has 5 nitrogen and oxygen atoms in total. The molecule has 0 aliphatic carbocycles. The highest BCUT2D eigenvalue weighted by Gasteiger charge is 2.25. The Kier molecular flexibility index (Phi) is 5.13. The topological polar surface area (TPSA) is 61.3 Å². The summed E-state index contributed by atoms with van der Waals surface area (Å²) in [7, 11) is 0. The van der Waals surface area contributed by atoms with E-state index in [9.17, 15) is 4.79 Å². The molecule has 2 N–H and O–H groups in total. The van der Waals surface area contributed by atoms with Crippen LogP contribution in [0.1, 0.15) is 41.6 Å². The fraction of sp³-hybridized carbons (Fsp3) is 0.350. The van der Waals surface area contributed by atoms with E-state index in [1.165, 1.54) is 19.3 Å². The summed E-state index contributed by atoms with van der Waals surface area (Å²) in [6.07, 6.45) is 5.37. The molecule has 3 heterocycles. The van der Waals surface area contributed by atoms with E-state index in [0.29, 0.717) is 12.2 Å². The molecule has 0 spiro atoms. The van der Waals surface area contributed by atoms with Crippen molar-refractivity contribution in [2.45, 2.75) is 25.3 Å². The SMILES string of the molecule is O=C(NC[C@@H](c1ccco1)N1CCCCC1)c1cc2cc(Br)ccc2[nH]1. The number of likely N-dealkylation sites (tertiary alicyclic amines) is 1. The zero-order chi connectivity index (χ0) is 17.9. The number of hydrogen-bond donors (Lipinski definition) is 2. The predicted molar refractivity (Wildman–Crippen MR) is 105 cm³/mol. The van der Waals surface area contributed by atoms with Crippen LogP contribution in [0.5, 0.6) is 0 Å². The van der Waals surface area contributed by atoms with Crippen molar-refractivity contribution in [3.05, 3.63) is 58.6 Å². The first-order chi connectivity index (χ1) is 12.7. The molecule has 4 rings (SSSR count). The maximum absolute atomic E-state index is 12.7. The van der Waals surface area contributed by atoms with Crippen molar-refractivity contribution in [3.63, 3.8) is 0 Å². The summed E-state index contributed by atoms with van der Waals surface area (Å²) < 4.78 is 6.64. The van der Waals surface area contributed by atoms with Gasteiger partial charge < -0.3 is 14.7 Å². The van der Waals surface area contributed by atoms with Crippen LogP contribution in [-0.4, -0.2) is 35.4 Å². The number of aromatic nitrogens is 1. The Morgan fingerprint density at radius 2 is 2.08 bits per heavy atom. The summed E-state index contributed by atoms with van der Waals surface area (Å²) in [5.41, 5.74) is 1.53. The number of amides is 1. The maximum atomic E-state index is 12.7. The average molecular weight is 416 g/mol. The van der Waals surface area contributed by atoms with E-state index in [1.807, 2.05) is 36.4 Å².